The monoisotopic (exact) mass is 364 g/mol. The molecule has 0 heterocycles. The number of rotatable bonds is 15. The lowest BCUT2D eigenvalue weighted by molar-refractivity contribution is 0.280. The van der Waals surface area contributed by atoms with Gasteiger partial charge in [0.25, 0.3) is 0 Å². The summed E-state index contributed by atoms with van der Waals surface area (Å²) in [5, 5.41) is 9.78. The van der Waals surface area contributed by atoms with Crippen molar-refractivity contribution in [3.8, 4) is 11.5 Å². The molecule has 0 bridgehead atoms. The number of aliphatic hydroxyl groups excluding tert-OH is 1. The van der Waals surface area contributed by atoms with Gasteiger partial charge in [0.05, 0.1) is 0 Å². The molecule has 0 aliphatic rings. The van der Waals surface area contributed by atoms with Crippen molar-refractivity contribution in [2.24, 2.45) is 0 Å². The summed E-state index contributed by atoms with van der Waals surface area (Å²) in [6.07, 6.45) is 22.6. The molecule has 25 heavy (non-hydrogen) atoms. The van der Waals surface area contributed by atoms with E-state index in [1.165, 1.54) is 83.5 Å². The lowest BCUT2D eigenvalue weighted by Gasteiger charge is -2.04. The van der Waals surface area contributed by atoms with E-state index in [-0.39, 0.29) is 0 Å². The Labute approximate surface area is 159 Å². The minimum Gasteiger partial charge on any atom is -0.377 e. The summed E-state index contributed by atoms with van der Waals surface area (Å²) in [6, 6.07) is 0. The van der Waals surface area contributed by atoms with Gasteiger partial charge in [-0.3, -0.25) is 0 Å². The van der Waals surface area contributed by atoms with Crippen LogP contribution in [0.1, 0.15) is 96.8 Å². The first-order chi connectivity index (χ1) is 12.0. The molecular weight excluding hydrogens is 320 g/mol. The van der Waals surface area contributed by atoms with E-state index in [1.54, 1.807) is 0 Å². The maximum absolute atomic E-state index is 9.78. The van der Waals surface area contributed by atoms with E-state index in [2.05, 4.69) is 44.1 Å². The molecule has 0 aliphatic carbocycles. The van der Waals surface area contributed by atoms with Gasteiger partial charge in [-0.1, -0.05) is 116 Å². The summed E-state index contributed by atoms with van der Waals surface area (Å²) in [5.74, 6) is 2.95. The highest BCUT2D eigenvalue weighted by atomic mass is 28.3. The van der Waals surface area contributed by atoms with Gasteiger partial charge in [-0.15, -0.1) is 5.54 Å². The Balaban J connectivity index is 3.33. The zero-order valence-electron chi connectivity index (χ0n) is 17.6. The lowest BCUT2D eigenvalue weighted by atomic mass is 10.0. The van der Waals surface area contributed by atoms with Gasteiger partial charge in [-0.2, -0.15) is 0 Å². The molecular formula is C23H44OSi. The van der Waals surface area contributed by atoms with Crippen LogP contribution < -0.4 is 0 Å². The van der Waals surface area contributed by atoms with Crippen LogP contribution in [0, 0.1) is 11.5 Å². The fraction of sp³-hybridized carbons (Fsp3) is 0.826. The minimum atomic E-state index is -1.36. The fourth-order valence-electron chi connectivity index (χ4n) is 2.84. The van der Waals surface area contributed by atoms with Crippen LogP contribution in [0.4, 0.5) is 0 Å². The van der Waals surface area contributed by atoms with E-state index in [9.17, 15) is 5.11 Å². The molecule has 1 atom stereocenters. The van der Waals surface area contributed by atoms with Crippen LogP contribution in [0.25, 0.3) is 0 Å². The Bertz CT molecular complexity index is 370. The highest BCUT2D eigenvalue weighted by Crippen LogP contribution is 2.13. The van der Waals surface area contributed by atoms with E-state index in [0.29, 0.717) is 0 Å². The molecule has 0 spiro atoms. The average Bonchev–Trinajstić information content (AvgIpc) is 2.56. The SMILES string of the molecule is CCCCCCCCCCCCCCC/C=C/[C@H](O)C#C[Si](C)(C)C. The Morgan fingerprint density at radius 1 is 0.760 bits per heavy atom. The predicted molar refractivity (Wildman–Crippen MR) is 117 cm³/mol. The molecule has 0 unspecified atom stereocenters. The topological polar surface area (TPSA) is 20.2 Å². The Morgan fingerprint density at radius 3 is 1.64 bits per heavy atom. The van der Waals surface area contributed by atoms with Crippen LogP contribution in [-0.4, -0.2) is 19.3 Å². The third kappa shape index (κ3) is 21.4. The van der Waals surface area contributed by atoms with Gasteiger partial charge in [-0.25, -0.2) is 0 Å². The Morgan fingerprint density at radius 2 is 1.20 bits per heavy atom. The van der Waals surface area contributed by atoms with Gasteiger partial charge >= 0.3 is 0 Å². The van der Waals surface area contributed by atoms with Gasteiger partial charge < -0.3 is 5.11 Å². The van der Waals surface area contributed by atoms with Crippen LogP contribution in [0.2, 0.25) is 19.6 Å². The maximum Gasteiger partial charge on any atom is 0.132 e. The highest BCUT2D eigenvalue weighted by molar-refractivity contribution is 6.83. The minimum absolute atomic E-state index is 0.575. The van der Waals surface area contributed by atoms with Crippen molar-refractivity contribution in [1.82, 2.24) is 0 Å². The predicted octanol–water partition coefficient (Wildman–Crippen LogP) is 7.27. The van der Waals surface area contributed by atoms with Crippen molar-refractivity contribution in [2.45, 2.75) is 123 Å². The Hall–Kier alpha value is -0.523. The molecule has 0 aromatic rings. The third-order valence-corrected chi connectivity index (χ3v) is 5.28. The first-order valence-electron chi connectivity index (χ1n) is 10.8. The van der Waals surface area contributed by atoms with E-state index >= 15 is 0 Å². The van der Waals surface area contributed by atoms with Crippen molar-refractivity contribution >= 4 is 8.07 Å². The second kappa shape index (κ2) is 16.9. The van der Waals surface area contributed by atoms with Crippen LogP contribution in [0.3, 0.4) is 0 Å². The van der Waals surface area contributed by atoms with Crippen LogP contribution in [0.15, 0.2) is 12.2 Å². The molecule has 0 aliphatic heterocycles. The zero-order valence-corrected chi connectivity index (χ0v) is 18.6. The Kier molecular flexibility index (Phi) is 16.6. The maximum atomic E-state index is 9.78. The number of hydrogen-bond acceptors (Lipinski definition) is 1. The smallest absolute Gasteiger partial charge is 0.132 e. The molecule has 2 heteroatoms. The molecule has 0 saturated heterocycles. The molecule has 0 radical (unpaired) electrons. The molecule has 0 rings (SSSR count). The molecule has 1 nitrogen and oxygen atoms in total. The zero-order chi connectivity index (χ0) is 18.8. The van der Waals surface area contributed by atoms with E-state index in [1.807, 2.05) is 6.08 Å². The number of hydrogen-bond donors (Lipinski definition) is 1. The molecule has 1 N–H and O–H groups in total. The molecule has 0 amide bonds. The molecule has 0 fully saturated rings. The highest BCUT2D eigenvalue weighted by Gasteiger charge is 2.07. The molecule has 146 valence electrons. The largest absolute Gasteiger partial charge is 0.377 e. The average molecular weight is 365 g/mol. The standard InChI is InChI=1S/C23H44OSi/c1-5-6-7-8-9-10-11-12-13-14-15-16-17-18-19-20-23(24)21-22-25(2,3)4/h19-20,23-24H,5-18H2,1-4H3/b20-19+/t23-/m0/s1. The first-order valence-corrected chi connectivity index (χ1v) is 14.3. The van der Waals surface area contributed by atoms with E-state index < -0.39 is 14.2 Å². The number of aliphatic hydroxyl groups is 1. The van der Waals surface area contributed by atoms with Crippen LogP contribution in [0.5, 0.6) is 0 Å². The summed E-state index contributed by atoms with van der Waals surface area (Å²) in [5.41, 5.74) is 3.21. The molecule has 0 aromatic carbocycles. The number of unbranched alkanes of at least 4 members (excludes halogenated alkanes) is 13. The first kappa shape index (κ1) is 24.5. The second-order valence-corrected chi connectivity index (χ2v) is 13.2. The summed E-state index contributed by atoms with van der Waals surface area (Å²) in [7, 11) is -1.36. The van der Waals surface area contributed by atoms with Gasteiger partial charge in [0.15, 0.2) is 0 Å². The summed E-state index contributed by atoms with van der Waals surface area (Å²) in [6.45, 7) is 8.88. The third-order valence-electron chi connectivity index (χ3n) is 4.39. The summed E-state index contributed by atoms with van der Waals surface area (Å²) < 4.78 is 0. The quantitative estimate of drug-likeness (QED) is 0.140. The van der Waals surface area contributed by atoms with E-state index in [4.69, 9.17) is 0 Å². The van der Waals surface area contributed by atoms with Gasteiger partial charge in [0, 0.05) is 0 Å². The van der Waals surface area contributed by atoms with Crippen molar-refractivity contribution < 1.29 is 5.11 Å². The van der Waals surface area contributed by atoms with Crippen molar-refractivity contribution in [3.63, 3.8) is 0 Å². The van der Waals surface area contributed by atoms with Crippen molar-refractivity contribution in [1.29, 1.82) is 0 Å². The molecule has 0 aromatic heterocycles. The van der Waals surface area contributed by atoms with Gasteiger partial charge in [0.2, 0.25) is 0 Å². The second-order valence-electron chi connectivity index (χ2n) is 8.42. The summed E-state index contributed by atoms with van der Waals surface area (Å²) >= 11 is 0. The van der Waals surface area contributed by atoms with Gasteiger partial charge in [-0.05, 0) is 18.9 Å². The van der Waals surface area contributed by atoms with Gasteiger partial charge in [0.1, 0.15) is 14.2 Å². The lowest BCUT2D eigenvalue weighted by Crippen LogP contribution is -2.17. The van der Waals surface area contributed by atoms with E-state index in [0.717, 1.165) is 6.42 Å². The number of allylic oxidation sites excluding steroid dienone is 1. The van der Waals surface area contributed by atoms with Crippen molar-refractivity contribution in [2.75, 3.05) is 0 Å². The molecule has 0 saturated carbocycles. The summed E-state index contributed by atoms with van der Waals surface area (Å²) in [4.78, 5) is 0. The van der Waals surface area contributed by atoms with Crippen LogP contribution >= 0.6 is 0 Å². The normalized spacial score (nSPS) is 13.0. The van der Waals surface area contributed by atoms with Crippen molar-refractivity contribution in [3.05, 3.63) is 12.2 Å². The van der Waals surface area contributed by atoms with Crippen LogP contribution in [-0.2, 0) is 0 Å². The fourth-order valence-corrected chi connectivity index (χ4v) is 3.42.